The standard InChI is InChI=1S/C22H20ClN3O4/c23-17-9-4-3-8-16(17)19-20(28)24-11-13-25(19)18(27)10-5-12-26-21(29)14-6-1-2-7-15(14)22(26)30/h1-4,6-9,19H,5,10-13H2,(H,24,28). The summed E-state index contributed by atoms with van der Waals surface area (Å²) in [6, 6.07) is 12.8. The second-order valence-electron chi connectivity index (χ2n) is 7.21. The van der Waals surface area contributed by atoms with E-state index in [0.29, 0.717) is 41.2 Å². The highest BCUT2D eigenvalue weighted by molar-refractivity contribution is 6.31. The molecular weight excluding hydrogens is 406 g/mol. The number of amides is 4. The third-order valence-electron chi connectivity index (χ3n) is 5.38. The number of halogens is 1. The summed E-state index contributed by atoms with van der Waals surface area (Å²) in [5.41, 5.74) is 1.35. The van der Waals surface area contributed by atoms with Crippen LogP contribution in [0, 0.1) is 0 Å². The Balaban J connectivity index is 1.42. The fourth-order valence-corrected chi connectivity index (χ4v) is 4.15. The lowest BCUT2D eigenvalue weighted by Gasteiger charge is -2.35. The molecule has 2 aromatic rings. The van der Waals surface area contributed by atoms with Crippen LogP contribution in [0.3, 0.4) is 0 Å². The number of fused-ring (bicyclic) bond motifs is 1. The number of hydrogen-bond donors (Lipinski definition) is 1. The van der Waals surface area contributed by atoms with Crippen LogP contribution in [0.15, 0.2) is 48.5 Å². The minimum atomic E-state index is -0.792. The lowest BCUT2D eigenvalue weighted by molar-refractivity contribution is -0.143. The summed E-state index contributed by atoms with van der Waals surface area (Å²) in [7, 11) is 0. The molecule has 2 aliphatic rings. The third kappa shape index (κ3) is 3.57. The fraction of sp³-hybridized carbons (Fsp3) is 0.273. The average Bonchev–Trinajstić information content (AvgIpc) is 2.99. The van der Waals surface area contributed by atoms with Crippen molar-refractivity contribution in [2.45, 2.75) is 18.9 Å². The van der Waals surface area contributed by atoms with Gasteiger partial charge in [-0.1, -0.05) is 41.9 Å². The van der Waals surface area contributed by atoms with Gasteiger partial charge in [0.2, 0.25) is 11.8 Å². The molecule has 30 heavy (non-hydrogen) atoms. The van der Waals surface area contributed by atoms with Crippen LogP contribution in [0.4, 0.5) is 0 Å². The molecule has 2 aromatic carbocycles. The van der Waals surface area contributed by atoms with Crippen molar-refractivity contribution >= 4 is 35.2 Å². The number of nitrogens with one attached hydrogen (secondary N) is 1. The quantitative estimate of drug-likeness (QED) is 0.745. The van der Waals surface area contributed by atoms with E-state index in [0.717, 1.165) is 0 Å². The summed E-state index contributed by atoms with van der Waals surface area (Å²) in [6.45, 7) is 0.881. The summed E-state index contributed by atoms with van der Waals surface area (Å²) >= 11 is 6.26. The maximum Gasteiger partial charge on any atom is 0.261 e. The summed E-state index contributed by atoms with van der Waals surface area (Å²) in [5.74, 6) is -1.17. The summed E-state index contributed by atoms with van der Waals surface area (Å²) in [5, 5.41) is 3.20. The zero-order valence-electron chi connectivity index (χ0n) is 16.1. The molecular formula is C22H20ClN3O4. The molecule has 2 aliphatic heterocycles. The normalized spacial score (nSPS) is 18.4. The number of rotatable bonds is 5. The highest BCUT2D eigenvalue weighted by atomic mass is 35.5. The van der Waals surface area contributed by atoms with Gasteiger partial charge in [0, 0.05) is 36.6 Å². The van der Waals surface area contributed by atoms with E-state index in [2.05, 4.69) is 5.32 Å². The molecule has 0 radical (unpaired) electrons. The van der Waals surface area contributed by atoms with E-state index in [-0.39, 0.29) is 36.6 Å². The average molecular weight is 426 g/mol. The summed E-state index contributed by atoms with van der Waals surface area (Å²) in [4.78, 5) is 53.0. The zero-order chi connectivity index (χ0) is 21.3. The van der Waals surface area contributed by atoms with E-state index in [1.54, 1.807) is 48.5 Å². The van der Waals surface area contributed by atoms with Gasteiger partial charge >= 0.3 is 0 Å². The number of imide groups is 1. The predicted molar refractivity (Wildman–Crippen MR) is 110 cm³/mol. The highest BCUT2D eigenvalue weighted by Crippen LogP contribution is 2.30. The fourth-order valence-electron chi connectivity index (χ4n) is 3.92. The predicted octanol–water partition coefficient (Wildman–Crippen LogP) is 2.42. The Kier molecular flexibility index (Phi) is 5.55. The molecule has 0 spiro atoms. The van der Waals surface area contributed by atoms with Crippen LogP contribution < -0.4 is 5.32 Å². The monoisotopic (exact) mass is 425 g/mol. The SMILES string of the molecule is O=C1NCCN(C(=O)CCCN2C(=O)c3ccccc3C2=O)C1c1ccccc1Cl. The Bertz CT molecular complexity index is 1000. The molecule has 1 saturated heterocycles. The molecule has 7 nitrogen and oxygen atoms in total. The zero-order valence-corrected chi connectivity index (χ0v) is 16.9. The van der Waals surface area contributed by atoms with E-state index in [4.69, 9.17) is 11.6 Å². The maximum absolute atomic E-state index is 12.9. The summed E-state index contributed by atoms with van der Waals surface area (Å²) in [6.07, 6.45) is 0.430. The van der Waals surface area contributed by atoms with Gasteiger partial charge in [-0.3, -0.25) is 24.1 Å². The van der Waals surface area contributed by atoms with Crippen LogP contribution in [0.5, 0.6) is 0 Å². The molecule has 1 atom stereocenters. The Morgan fingerprint density at radius 1 is 1.00 bits per heavy atom. The minimum absolute atomic E-state index is 0.113. The Morgan fingerprint density at radius 3 is 2.30 bits per heavy atom. The Morgan fingerprint density at radius 2 is 1.63 bits per heavy atom. The second kappa shape index (κ2) is 8.28. The number of benzene rings is 2. The molecule has 2 heterocycles. The smallest absolute Gasteiger partial charge is 0.261 e. The topological polar surface area (TPSA) is 86.8 Å². The Hall–Kier alpha value is -3.19. The Labute approximate surface area is 178 Å². The van der Waals surface area contributed by atoms with E-state index in [9.17, 15) is 19.2 Å². The van der Waals surface area contributed by atoms with Crippen molar-refractivity contribution in [3.05, 3.63) is 70.2 Å². The molecule has 4 rings (SSSR count). The van der Waals surface area contributed by atoms with Crippen LogP contribution in [0.2, 0.25) is 5.02 Å². The first-order valence-corrected chi connectivity index (χ1v) is 10.1. The molecule has 0 bridgehead atoms. The largest absolute Gasteiger partial charge is 0.352 e. The minimum Gasteiger partial charge on any atom is -0.352 e. The molecule has 1 fully saturated rings. The number of hydrogen-bond acceptors (Lipinski definition) is 4. The van der Waals surface area contributed by atoms with Gasteiger partial charge in [-0.15, -0.1) is 0 Å². The van der Waals surface area contributed by atoms with Crippen molar-refractivity contribution in [1.29, 1.82) is 0 Å². The number of carbonyl (C=O) groups excluding carboxylic acids is 4. The lowest BCUT2D eigenvalue weighted by atomic mass is 10.0. The van der Waals surface area contributed by atoms with Crippen molar-refractivity contribution in [1.82, 2.24) is 15.1 Å². The maximum atomic E-state index is 12.9. The third-order valence-corrected chi connectivity index (χ3v) is 5.73. The van der Waals surface area contributed by atoms with Gasteiger partial charge in [0.15, 0.2) is 0 Å². The molecule has 1 unspecified atom stereocenters. The first kappa shape index (κ1) is 20.1. The van der Waals surface area contributed by atoms with E-state index < -0.39 is 6.04 Å². The van der Waals surface area contributed by atoms with Crippen LogP contribution in [-0.4, -0.2) is 53.1 Å². The van der Waals surface area contributed by atoms with Crippen LogP contribution >= 0.6 is 11.6 Å². The number of piperazine rings is 1. The van der Waals surface area contributed by atoms with E-state index in [1.165, 1.54) is 9.80 Å². The van der Waals surface area contributed by atoms with Crippen LogP contribution in [0.25, 0.3) is 0 Å². The van der Waals surface area contributed by atoms with Crippen LogP contribution in [-0.2, 0) is 9.59 Å². The summed E-state index contributed by atoms with van der Waals surface area (Å²) < 4.78 is 0. The molecule has 1 N–H and O–H groups in total. The van der Waals surface area contributed by atoms with Gasteiger partial charge in [0.1, 0.15) is 6.04 Å². The van der Waals surface area contributed by atoms with Crippen molar-refractivity contribution in [3.63, 3.8) is 0 Å². The number of nitrogens with zero attached hydrogens (tertiary/aromatic N) is 2. The van der Waals surface area contributed by atoms with Crippen molar-refractivity contribution in [3.8, 4) is 0 Å². The van der Waals surface area contributed by atoms with Gasteiger partial charge in [0.25, 0.3) is 11.8 Å². The molecule has 8 heteroatoms. The first-order chi connectivity index (χ1) is 14.5. The van der Waals surface area contributed by atoms with Crippen molar-refractivity contribution < 1.29 is 19.2 Å². The molecule has 0 aliphatic carbocycles. The van der Waals surface area contributed by atoms with Gasteiger partial charge in [-0.25, -0.2) is 0 Å². The molecule has 0 aromatic heterocycles. The van der Waals surface area contributed by atoms with Gasteiger partial charge in [0.05, 0.1) is 11.1 Å². The van der Waals surface area contributed by atoms with Gasteiger partial charge < -0.3 is 10.2 Å². The van der Waals surface area contributed by atoms with Crippen molar-refractivity contribution in [2.75, 3.05) is 19.6 Å². The van der Waals surface area contributed by atoms with Gasteiger partial charge in [-0.2, -0.15) is 0 Å². The van der Waals surface area contributed by atoms with E-state index >= 15 is 0 Å². The van der Waals surface area contributed by atoms with Gasteiger partial charge in [-0.05, 0) is 24.6 Å². The second-order valence-corrected chi connectivity index (χ2v) is 7.62. The first-order valence-electron chi connectivity index (χ1n) is 9.76. The molecule has 4 amide bonds. The van der Waals surface area contributed by atoms with Crippen LogP contribution in [0.1, 0.15) is 45.2 Å². The van der Waals surface area contributed by atoms with Crippen molar-refractivity contribution in [2.24, 2.45) is 0 Å². The van der Waals surface area contributed by atoms with E-state index in [1.807, 2.05) is 0 Å². The highest BCUT2D eigenvalue weighted by Gasteiger charge is 2.37. The lowest BCUT2D eigenvalue weighted by Crippen LogP contribution is -2.52. The molecule has 154 valence electrons. The number of carbonyl (C=O) groups is 4. The molecule has 0 saturated carbocycles.